The Bertz CT molecular complexity index is 1220. The number of nitrogens with zero attached hydrogens (tertiary/aromatic N) is 5. The van der Waals surface area contributed by atoms with E-state index >= 15 is 0 Å². The molecule has 0 saturated heterocycles. The molecule has 0 aliphatic rings. The van der Waals surface area contributed by atoms with Gasteiger partial charge in [0.25, 0.3) is 5.56 Å². The number of hydrogen-bond acceptors (Lipinski definition) is 5. The zero-order valence-electron chi connectivity index (χ0n) is 15.2. The monoisotopic (exact) mass is 393 g/mol. The average molecular weight is 394 g/mol. The molecular weight excluding hydrogens is 378 g/mol. The average Bonchev–Trinajstić information content (AvgIpc) is 3.13. The van der Waals surface area contributed by atoms with E-state index in [1.807, 2.05) is 36.4 Å². The molecule has 4 aromatic rings. The number of methoxy groups -OCH3 is 1. The molecule has 0 aliphatic carbocycles. The van der Waals surface area contributed by atoms with Gasteiger partial charge in [-0.25, -0.2) is 9.67 Å². The van der Waals surface area contributed by atoms with Crippen molar-refractivity contribution in [3.63, 3.8) is 0 Å². The Hall–Kier alpha value is -3.45. The van der Waals surface area contributed by atoms with Crippen molar-refractivity contribution in [2.45, 2.75) is 6.92 Å². The van der Waals surface area contributed by atoms with Crippen LogP contribution in [0.2, 0.25) is 5.02 Å². The van der Waals surface area contributed by atoms with Crippen LogP contribution in [-0.2, 0) is 0 Å². The zero-order valence-corrected chi connectivity index (χ0v) is 16.0. The van der Waals surface area contributed by atoms with Gasteiger partial charge in [0.05, 0.1) is 25.2 Å². The molecule has 0 atom stereocenters. The standard InChI is InChI=1S/C20H16ClN5O2/c1-13-24-19-18(12-23-26(19)16-7-5-15(21)6-8-16)20(27)25(13)22-11-14-3-9-17(28-2)10-4-14/h3-12H,1-2H3/b22-11+. The Kier molecular flexibility index (Phi) is 4.67. The third-order valence-corrected chi connectivity index (χ3v) is 4.50. The molecule has 0 N–H and O–H groups in total. The minimum Gasteiger partial charge on any atom is -0.497 e. The van der Waals surface area contributed by atoms with Gasteiger partial charge >= 0.3 is 0 Å². The van der Waals surface area contributed by atoms with Gasteiger partial charge < -0.3 is 4.74 Å². The summed E-state index contributed by atoms with van der Waals surface area (Å²) in [6, 6.07) is 14.5. The van der Waals surface area contributed by atoms with Gasteiger partial charge in [0.2, 0.25) is 0 Å². The number of benzene rings is 2. The highest BCUT2D eigenvalue weighted by atomic mass is 35.5. The normalized spacial score (nSPS) is 11.4. The van der Waals surface area contributed by atoms with E-state index in [9.17, 15) is 4.79 Å². The molecule has 8 heteroatoms. The minimum atomic E-state index is -0.285. The fourth-order valence-corrected chi connectivity index (χ4v) is 2.91. The fraction of sp³-hybridized carbons (Fsp3) is 0.100. The third-order valence-electron chi connectivity index (χ3n) is 4.25. The summed E-state index contributed by atoms with van der Waals surface area (Å²) in [5.41, 5.74) is 1.79. The molecule has 0 radical (unpaired) electrons. The molecule has 2 aromatic carbocycles. The van der Waals surface area contributed by atoms with Crippen molar-refractivity contribution in [3.8, 4) is 11.4 Å². The first-order chi connectivity index (χ1) is 13.6. The van der Waals surface area contributed by atoms with Crippen molar-refractivity contribution in [2.75, 3.05) is 7.11 Å². The maximum Gasteiger partial charge on any atom is 0.285 e. The molecule has 0 saturated carbocycles. The van der Waals surface area contributed by atoms with E-state index in [2.05, 4.69) is 15.2 Å². The van der Waals surface area contributed by atoms with Crippen LogP contribution >= 0.6 is 11.6 Å². The van der Waals surface area contributed by atoms with Crippen molar-refractivity contribution in [2.24, 2.45) is 5.10 Å². The van der Waals surface area contributed by atoms with Crippen LogP contribution in [0, 0.1) is 6.92 Å². The smallest absolute Gasteiger partial charge is 0.285 e. The zero-order chi connectivity index (χ0) is 19.7. The summed E-state index contributed by atoms with van der Waals surface area (Å²) in [6.07, 6.45) is 3.10. The summed E-state index contributed by atoms with van der Waals surface area (Å²) in [5, 5.41) is 9.61. The van der Waals surface area contributed by atoms with Gasteiger partial charge in [-0.15, -0.1) is 0 Å². The van der Waals surface area contributed by atoms with Crippen molar-refractivity contribution in [1.82, 2.24) is 19.4 Å². The second-order valence-corrected chi connectivity index (χ2v) is 6.50. The van der Waals surface area contributed by atoms with Crippen molar-refractivity contribution >= 4 is 28.8 Å². The fourth-order valence-electron chi connectivity index (χ4n) is 2.78. The maximum absolute atomic E-state index is 12.9. The second-order valence-electron chi connectivity index (χ2n) is 6.06. The van der Waals surface area contributed by atoms with Gasteiger partial charge in [0, 0.05) is 5.02 Å². The maximum atomic E-state index is 12.9. The largest absolute Gasteiger partial charge is 0.497 e. The van der Waals surface area contributed by atoms with E-state index in [1.165, 1.54) is 10.9 Å². The molecule has 140 valence electrons. The van der Waals surface area contributed by atoms with Crippen molar-refractivity contribution < 1.29 is 4.74 Å². The molecule has 0 unspecified atom stereocenters. The van der Waals surface area contributed by atoms with E-state index in [1.54, 1.807) is 37.1 Å². The number of aryl methyl sites for hydroxylation is 1. The van der Waals surface area contributed by atoms with Crippen LogP contribution in [0.1, 0.15) is 11.4 Å². The van der Waals surface area contributed by atoms with E-state index in [0.29, 0.717) is 21.9 Å². The Morgan fingerprint density at radius 2 is 1.82 bits per heavy atom. The van der Waals surface area contributed by atoms with Crippen LogP contribution in [0.3, 0.4) is 0 Å². The number of ether oxygens (including phenoxy) is 1. The van der Waals surface area contributed by atoms with E-state index in [0.717, 1.165) is 17.0 Å². The van der Waals surface area contributed by atoms with Crippen molar-refractivity contribution in [1.29, 1.82) is 0 Å². The van der Waals surface area contributed by atoms with Crippen LogP contribution in [0.5, 0.6) is 5.75 Å². The van der Waals surface area contributed by atoms with Crippen LogP contribution in [0.4, 0.5) is 0 Å². The highest BCUT2D eigenvalue weighted by Gasteiger charge is 2.13. The molecule has 0 bridgehead atoms. The minimum absolute atomic E-state index is 0.285. The van der Waals surface area contributed by atoms with Crippen LogP contribution < -0.4 is 10.3 Å². The van der Waals surface area contributed by atoms with Gasteiger partial charge in [-0.3, -0.25) is 4.79 Å². The summed E-state index contributed by atoms with van der Waals surface area (Å²) in [6.45, 7) is 1.73. The molecule has 0 fully saturated rings. The Balaban J connectivity index is 1.75. The van der Waals surface area contributed by atoms with E-state index in [4.69, 9.17) is 16.3 Å². The molecule has 28 heavy (non-hydrogen) atoms. The lowest BCUT2D eigenvalue weighted by Gasteiger charge is -2.06. The Morgan fingerprint density at radius 3 is 2.50 bits per heavy atom. The predicted molar refractivity (Wildman–Crippen MR) is 109 cm³/mol. The molecule has 4 rings (SSSR count). The Morgan fingerprint density at radius 1 is 1.11 bits per heavy atom. The van der Waals surface area contributed by atoms with Gasteiger partial charge in [0.15, 0.2) is 5.65 Å². The number of fused-ring (bicyclic) bond motifs is 1. The lowest BCUT2D eigenvalue weighted by atomic mass is 10.2. The third kappa shape index (κ3) is 3.27. The number of rotatable bonds is 4. The highest BCUT2D eigenvalue weighted by molar-refractivity contribution is 6.30. The van der Waals surface area contributed by atoms with Gasteiger partial charge in [-0.05, 0) is 61.0 Å². The molecule has 0 amide bonds. The lowest BCUT2D eigenvalue weighted by molar-refractivity contribution is 0.415. The molecule has 7 nitrogen and oxygen atoms in total. The van der Waals surface area contributed by atoms with Gasteiger partial charge in [0.1, 0.15) is 17.0 Å². The van der Waals surface area contributed by atoms with Crippen molar-refractivity contribution in [3.05, 3.63) is 81.5 Å². The number of aromatic nitrogens is 4. The second kappa shape index (κ2) is 7.28. The summed E-state index contributed by atoms with van der Waals surface area (Å²) in [5.74, 6) is 1.21. The molecule has 0 spiro atoms. The van der Waals surface area contributed by atoms with E-state index in [-0.39, 0.29) is 5.56 Å². The SMILES string of the molecule is COc1ccc(/C=N/n2c(C)nc3c(cnn3-c3ccc(Cl)cc3)c2=O)cc1. The summed E-state index contributed by atoms with van der Waals surface area (Å²) >= 11 is 5.94. The molecule has 2 aromatic heterocycles. The quantitative estimate of drug-likeness (QED) is 0.498. The first kappa shape index (κ1) is 17.9. The molecule has 0 aliphatic heterocycles. The molecular formula is C20H16ClN5O2. The Labute approximate surface area is 165 Å². The molecule has 2 heterocycles. The number of halogens is 1. The predicted octanol–water partition coefficient (Wildman–Crippen LogP) is 3.43. The summed E-state index contributed by atoms with van der Waals surface area (Å²) in [4.78, 5) is 17.4. The summed E-state index contributed by atoms with van der Waals surface area (Å²) < 4.78 is 8.01. The topological polar surface area (TPSA) is 74.3 Å². The van der Waals surface area contributed by atoms with Gasteiger partial charge in [-0.1, -0.05) is 11.6 Å². The first-order valence-electron chi connectivity index (χ1n) is 8.48. The van der Waals surface area contributed by atoms with Crippen LogP contribution in [0.15, 0.2) is 64.6 Å². The van der Waals surface area contributed by atoms with E-state index < -0.39 is 0 Å². The first-order valence-corrected chi connectivity index (χ1v) is 8.86. The van der Waals surface area contributed by atoms with Crippen LogP contribution in [-0.4, -0.2) is 32.8 Å². The van der Waals surface area contributed by atoms with Crippen LogP contribution in [0.25, 0.3) is 16.7 Å². The number of hydrogen-bond donors (Lipinski definition) is 0. The highest BCUT2D eigenvalue weighted by Crippen LogP contribution is 2.17. The van der Waals surface area contributed by atoms with Gasteiger partial charge in [-0.2, -0.15) is 14.9 Å². The lowest BCUT2D eigenvalue weighted by Crippen LogP contribution is -2.20. The summed E-state index contributed by atoms with van der Waals surface area (Å²) in [7, 11) is 1.61.